The Morgan fingerprint density at radius 2 is 2.25 bits per heavy atom. The molecule has 0 aliphatic heterocycles. The number of benzene rings is 1. The summed E-state index contributed by atoms with van der Waals surface area (Å²) in [6.45, 7) is 2.19. The van der Waals surface area contributed by atoms with Crippen molar-refractivity contribution in [2.45, 2.75) is 13.3 Å². The lowest BCUT2D eigenvalue weighted by Crippen LogP contribution is -2.26. The van der Waals surface area contributed by atoms with Gasteiger partial charge in [-0.3, -0.25) is 4.79 Å². The zero-order chi connectivity index (χ0) is 14.4. The van der Waals surface area contributed by atoms with E-state index in [2.05, 4.69) is 10.3 Å². The van der Waals surface area contributed by atoms with E-state index in [1.54, 1.807) is 36.7 Å². The minimum absolute atomic E-state index is 0.191. The maximum atomic E-state index is 13.5. The van der Waals surface area contributed by atoms with Gasteiger partial charge in [0.25, 0.3) is 0 Å². The Kier molecular flexibility index (Phi) is 5.01. The van der Waals surface area contributed by atoms with Crippen molar-refractivity contribution in [1.29, 1.82) is 0 Å². The Morgan fingerprint density at radius 1 is 1.45 bits per heavy atom. The Hall–Kier alpha value is -2.01. The molecule has 1 heterocycles. The van der Waals surface area contributed by atoms with Crippen molar-refractivity contribution in [3.8, 4) is 0 Å². The summed E-state index contributed by atoms with van der Waals surface area (Å²) in [6.07, 6.45) is 2.25. The average molecular weight is 290 g/mol. The van der Waals surface area contributed by atoms with Gasteiger partial charge in [0, 0.05) is 29.5 Å². The van der Waals surface area contributed by atoms with Crippen molar-refractivity contribution < 1.29 is 9.18 Å². The lowest BCUT2D eigenvalue weighted by molar-refractivity contribution is -0.117. The fourth-order valence-corrected chi connectivity index (χ4v) is 2.29. The van der Waals surface area contributed by atoms with Crippen LogP contribution in [0.15, 0.2) is 40.7 Å². The van der Waals surface area contributed by atoms with E-state index in [0.29, 0.717) is 24.1 Å². The zero-order valence-electron chi connectivity index (χ0n) is 11.1. The summed E-state index contributed by atoms with van der Waals surface area (Å²) < 4.78 is 13.5. The summed E-state index contributed by atoms with van der Waals surface area (Å²) in [6, 6.07) is 6.37. The molecule has 0 aliphatic carbocycles. The third kappa shape index (κ3) is 3.99. The number of aromatic nitrogens is 1. The van der Waals surface area contributed by atoms with Gasteiger partial charge in [-0.1, -0.05) is 18.2 Å². The Bertz CT molecular complexity index is 608. The van der Waals surface area contributed by atoms with Crippen LogP contribution in [0.2, 0.25) is 0 Å². The molecule has 0 spiro atoms. The third-order valence-corrected chi connectivity index (χ3v) is 3.42. The van der Waals surface area contributed by atoms with Gasteiger partial charge in [-0.25, -0.2) is 9.37 Å². The second-order valence-electron chi connectivity index (χ2n) is 4.33. The maximum absolute atomic E-state index is 13.5. The number of carbonyl (C=O) groups is 1. The lowest BCUT2D eigenvalue weighted by atomic mass is 10.1. The van der Waals surface area contributed by atoms with Gasteiger partial charge in [-0.05, 0) is 19.1 Å². The third-order valence-electron chi connectivity index (χ3n) is 2.79. The van der Waals surface area contributed by atoms with E-state index in [-0.39, 0.29) is 11.7 Å². The molecule has 1 aromatic carbocycles. The molecule has 2 rings (SSSR count). The van der Waals surface area contributed by atoms with E-state index in [9.17, 15) is 9.18 Å². The molecule has 0 bridgehead atoms. The molecule has 0 fully saturated rings. The molecule has 1 aromatic heterocycles. The Balaban J connectivity index is 1.90. The molecule has 0 saturated heterocycles. The highest BCUT2D eigenvalue weighted by atomic mass is 32.1. The SMILES string of the molecule is C/C(=C\c1ccccc1F)C(=O)NCCc1cscn1. The lowest BCUT2D eigenvalue weighted by Gasteiger charge is -2.05. The first kappa shape index (κ1) is 14.4. The summed E-state index contributed by atoms with van der Waals surface area (Å²) in [5, 5.41) is 4.75. The first-order valence-corrected chi connectivity index (χ1v) is 7.19. The van der Waals surface area contributed by atoms with Crippen molar-refractivity contribution in [2.24, 2.45) is 0 Å². The normalized spacial score (nSPS) is 11.4. The van der Waals surface area contributed by atoms with E-state index < -0.39 is 0 Å². The number of hydrogen-bond donors (Lipinski definition) is 1. The van der Waals surface area contributed by atoms with Gasteiger partial charge >= 0.3 is 0 Å². The van der Waals surface area contributed by atoms with E-state index in [4.69, 9.17) is 0 Å². The topological polar surface area (TPSA) is 42.0 Å². The number of hydrogen-bond acceptors (Lipinski definition) is 3. The number of carbonyl (C=O) groups excluding carboxylic acids is 1. The van der Waals surface area contributed by atoms with Crippen LogP contribution in [-0.2, 0) is 11.2 Å². The molecule has 0 unspecified atom stereocenters. The molecule has 1 N–H and O–H groups in total. The van der Waals surface area contributed by atoms with Gasteiger partial charge in [0.2, 0.25) is 5.91 Å². The number of nitrogens with zero attached hydrogens (tertiary/aromatic N) is 1. The van der Waals surface area contributed by atoms with Crippen LogP contribution in [-0.4, -0.2) is 17.4 Å². The van der Waals surface area contributed by atoms with Crippen LogP contribution < -0.4 is 5.32 Å². The van der Waals surface area contributed by atoms with Gasteiger partial charge in [0.15, 0.2) is 0 Å². The molecule has 5 heteroatoms. The summed E-state index contributed by atoms with van der Waals surface area (Å²) in [7, 11) is 0. The van der Waals surface area contributed by atoms with Crippen molar-refractivity contribution in [3.63, 3.8) is 0 Å². The fraction of sp³-hybridized carbons (Fsp3) is 0.200. The highest BCUT2D eigenvalue weighted by molar-refractivity contribution is 7.07. The van der Waals surface area contributed by atoms with Crippen molar-refractivity contribution in [1.82, 2.24) is 10.3 Å². The molecular formula is C15H15FN2OS. The summed E-state index contributed by atoms with van der Waals surface area (Å²) in [5.41, 5.74) is 3.62. The van der Waals surface area contributed by atoms with Gasteiger partial charge in [-0.15, -0.1) is 11.3 Å². The number of amides is 1. The highest BCUT2D eigenvalue weighted by Gasteiger charge is 2.05. The first-order chi connectivity index (χ1) is 9.66. The van der Waals surface area contributed by atoms with Crippen LogP contribution in [0.1, 0.15) is 18.2 Å². The number of nitrogens with one attached hydrogen (secondary N) is 1. The van der Waals surface area contributed by atoms with Crippen molar-refractivity contribution >= 4 is 23.3 Å². The van der Waals surface area contributed by atoms with Crippen LogP contribution in [0.3, 0.4) is 0 Å². The van der Waals surface area contributed by atoms with E-state index >= 15 is 0 Å². The zero-order valence-corrected chi connectivity index (χ0v) is 11.9. The number of rotatable bonds is 5. The Labute approximate surface area is 121 Å². The number of halogens is 1. The highest BCUT2D eigenvalue weighted by Crippen LogP contribution is 2.11. The van der Waals surface area contributed by atoms with Gasteiger partial charge in [-0.2, -0.15) is 0 Å². The minimum Gasteiger partial charge on any atom is -0.352 e. The molecule has 104 valence electrons. The first-order valence-electron chi connectivity index (χ1n) is 6.25. The average Bonchev–Trinajstić information content (AvgIpc) is 2.94. The second kappa shape index (κ2) is 6.96. The van der Waals surface area contributed by atoms with Gasteiger partial charge < -0.3 is 5.32 Å². The summed E-state index contributed by atoms with van der Waals surface area (Å²) >= 11 is 1.53. The van der Waals surface area contributed by atoms with E-state index in [1.807, 2.05) is 5.38 Å². The molecule has 3 nitrogen and oxygen atoms in total. The van der Waals surface area contributed by atoms with Crippen LogP contribution >= 0.6 is 11.3 Å². The molecular weight excluding hydrogens is 275 g/mol. The largest absolute Gasteiger partial charge is 0.352 e. The standard InChI is InChI=1S/C15H15FN2OS/c1-11(8-12-4-2-3-5-14(12)16)15(19)17-7-6-13-9-20-10-18-13/h2-5,8-10H,6-7H2,1H3,(H,17,19)/b11-8+. The molecule has 0 aliphatic rings. The molecule has 1 amide bonds. The predicted octanol–water partition coefficient (Wildman–Crippen LogP) is 3.04. The van der Waals surface area contributed by atoms with Crippen LogP contribution in [0.25, 0.3) is 6.08 Å². The summed E-state index contributed by atoms with van der Waals surface area (Å²) in [5.74, 6) is -0.523. The molecule has 2 aromatic rings. The Morgan fingerprint density at radius 3 is 2.95 bits per heavy atom. The van der Waals surface area contributed by atoms with E-state index in [0.717, 1.165) is 5.69 Å². The molecule has 20 heavy (non-hydrogen) atoms. The van der Waals surface area contributed by atoms with Crippen LogP contribution in [0, 0.1) is 5.82 Å². The smallest absolute Gasteiger partial charge is 0.246 e. The molecule has 0 saturated carbocycles. The monoisotopic (exact) mass is 290 g/mol. The molecule has 0 radical (unpaired) electrons. The van der Waals surface area contributed by atoms with Crippen LogP contribution in [0.4, 0.5) is 4.39 Å². The summed E-state index contributed by atoms with van der Waals surface area (Å²) in [4.78, 5) is 16.0. The predicted molar refractivity (Wildman–Crippen MR) is 78.9 cm³/mol. The van der Waals surface area contributed by atoms with Gasteiger partial charge in [0.1, 0.15) is 5.82 Å². The quantitative estimate of drug-likeness (QED) is 0.860. The maximum Gasteiger partial charge on any atom is 0.246 e. The molecule has 0 atom stereocenters. The van der Waals surface area contributed by atoms with Crippen molar-refractivity contribution in [2.75, 3.05) is 6.54 Å². The minimum atomic E-state index is -0.331. The van der Waals surface area contributed by atoms with Crippen molar-refractivity contribution in [3.05, 3.63) is 57.8 Å². The van der Waals surface area contributed by atoms with Gasteiger partial charge in [0.05, 0.1) is 11.2 Å². The number of thiazole rings is 1. The van der Waals surface area contributed by atoms with E-state index in [1.165, 1.54) is 17.4 Å². The van der Waals surface area contributed by atoms with Crippen LogP contribution in [0.5, 0.6) is 0 Å². The second-order valence-corrected chi connectivity index (χ2v) is 5.05. The fourth-order valence-electron chi connectivity index (χ4n) is 1.70.